The molecule has 0 aliphatic rings. The van der Waals surface area contributed by atoms with Gasteiger partial charge in [0, 0.05) is 13.1 Å². The number of anilines is 1. The van der Waals surface area contributed by atoms with Crippen LogP contribution in [0, 0.1) is 11.3 Å². The van der Waals surface area contributed by atoms with E-state index in [-0.39, 0.29) is 0 Å². The van der Waals surface area contributed by atoms with E-state index in [0.29, 0.717) is 28.6 Å². The molecule has 2 N–H and O–H groups in total. The summed E-state index contributed by atoms with van der Waals surface area (Å²) in [4.78, 5) is 11.3. The van der Waals surface area contributed by atoms with E-state index in [2.05, 4.69) is 4.74 Å². The highest BCUT2D eigenvalue weighted by Gasteiger charge is 2.12. The number of esters is 1. The highest BCUT2D eigenvalue weighted by molar-refractivity contribution is 5.89. The summed E-state index contributed by atoms with van der Waals surface area (Å²) in [6, 6.07) is 9.99. The van der Waals surface area contributed by atoms with Crippen molar-refractivity contribution in [3.05, 3.63) is 41.6 Å². The van der Waals surface area contributed by atoms with Crippen molar-refractivity contribution in [2.45, 2.75) is 0 Å². The smallest absolute Gasteiger partial charge is 0.337 e. The maximum absolute atomic E-state index is 11.3. The minimum Gasteiger partial charge on any atom is -0.465 e. The Hall–Kier alpha value is -2.94. The minimum atomic E-state index is -0.415. The van der Waals surface area contributed by atoms with Gasteiger partial charge in [-0.05, 0) is 24.3 Å². The van der Waals surface area contributed by atoms with E-state index in [1.807, 2.05) is 6.07 Å². The molecule has 0 aliphatic carbocycles. The molecular formula is C14H13N3O3. The maximum atomic E-state index is 11.3. The predicted octanol–water partition coefficient (Wildman–Crippen LogP) is 2.06. The standard InChI is InChI=1S/C14H13N3O3/c1-17-10(8-15)7-12(16)13(17)20-11-5-3-9(4-6-11)14(18)19-2/h3-7H,16H2,1-2H3. The van der Waals surface area contributed by atoms with Gasteiger partial charge in [0.05, 0.1) is 18.4 Å². The second-order valence-electron chi connectivity index (χ2n) is 4.08. The Balaban J connectivity index is 2.25. The summed E-state index contributed by atoms with van der Waals surface area (Å²) >= 11 is 0. The van der Waals surface area contributed by atoms with Crippen molar-refractivity contribution in [1.82, 2.24) is 4.57 Å². The number of nitrogens with zero attached hydrogens (tertiary/aromatic N) is 2. The van der Waals surface area contributed by atoms with E-state index >= 15 is 0 Å². The first-order valence-electron chi connectivity index (χ1n) is 5.78. The summed E-state index contributed by atoms with van der Waals surface area (Å²) < 4.78 is 11.8. The molecule has 0 saturated heterocycles. The monoisotopic (exact) mass is 271 g/mol. The van der Waals surface area contributed by atoms with Crippen LogP contribution < -0.4 is 10.5 Å². The van der Waals surface area contributed by atoms with Crippen molar-refractivity contribution < 1.29 is 14.3 Å². The molecule has 0 atom stereocenters. The van der Waals surface area contributed by atoms with Crippen molar-refractivity contribution in [1.29, 1.82) is 5.26 Å². The van der Waals surface area contributed by atoms with Gasteiger partial charge in [-0.2, -0.15) is 5.26 Å². The molecule has 1 aromatic carbocycles. The van der Waals surface area contributed by atoms with Crippen LogP contribution in [0.15, 0.2) is 30.3 Å². The van der Waals surface area contributed by atoms with Gasteiger partial charge in [0.15, 0.2) is 0 Å². The Bertz CT molecular complexity index is 681. The fourth-order valence-electron chi connectivity index (χ4n) is 1.73. The number of ether oxygens (including phenoxy) is 2. The van der Waals surface area contributed by atoms with Gasteiger partial charge in [-0.15, -0.1) is 0 Å². The van der Waals surface area contributed by atoms with Crippen LogP contribution in [0.2, 0.25) is 0 Å². The first-order chi connectivity index (χ1) is 9.56. The molecule has 102 valence electrons. The molecule has 1 aromatic heterocycles. The zero-order valence-electron chi connectivity index (χ0n) is 11.1. The lowest BCUT2D eigenvalue weighted by molar-refractivity contribution is 0.0600. The van der Waals surface area contributed by atoms with Crippen LogP contribution in [-0.2, 0) is 11.8 Å². The lowest BCUT2D eigenvalue weighted by Crippen LogP contribution is -2.01. The number of carbonyl (C=O) groups excluding carboxylic acids is 1. The lowest BCUT2D eigenvalue weighted by atomic mass is 10.2. The molecule has 0 unspecified atom stereocenters. The quantitative estimate of drug-likeness (QED) is 0.863. The second-order valence-corrected chi connectivity index (χ2v) is 4.08. The number of aromatic nitrogens is 1. The molecule has 20 heavy (non-hydrogen) atoms. The molecule has 0 amide bonds. The molecule has 2 aromatic rings. The summed E-state index contributed by atoms with van der Waals surface area (Å²) in [5.41, 5.74) is 7.00. The van der Waals surface area contributed by atoms with Crippen LogP contribution in [0.5, 0.6) is 11.6 Å². The SMILES string of the molecule is COC(=O)c1ccc(Oc2c(N)cc(C#N)n2C)cc1. The summed E-state index contributed by atoms with van der Waals surface area (Å²) in [7, 11) is 3.01. The molecule has 0 fully saturated rings. The lowest BCUT2D eigenvalue weighted by Gasteiger charge is -2.08. The average Bonchev–Trinajstić information content (AvgIpc) is 2.74. The average molecular weight is 271 g/mol. The molecule has 6 heteroatoms. The molecular weight excluding hydrogens is 258 g/mol. The van der Waals surface area contributed by atoms with Crippen molar-refractivity contribution in [2.75, 3.05) is 12.8 Å². The van der Waals surface area contributed by atoms with Gasteiger partial charge in [0.1, 0.15) is 17.5 Å². The van der Waals surface area contributed by atoms with E-state index in [0.717, 1.165) is 0 Å². The number of nitrogen functional groups attached to an aromatic ring is 1. The topological polar surface area (TPSA) is 90.3 Å². The van der Waals surface area contributed by atoms with Crippen LogP contribution in [0.4, 0.5) is 5.69 Å². The van der Waals surface area contributed by atoms with Crippen molar-refractivity contribution in [3.8, 4) is 17.7 Å². The van der Waals surface area contributed by atoms with Gasteiger partial charge in [0.25, 0.3) is 0 Å². The number of nitrogens with two attached hydrogens (primary N) is 1. The Morgan fingerprint density at radius 1 is 1.35 bits per heavy atom. The molecule has 0 spiro atoms. The minimum absolute atomic E-state index is 0.376. The number of carbonyl (C=O) groups is 1. The predicted molar refractivity (Wildman–Crippen MR) is 72.4 cm³/mol. The number of rotatable bonds is 3. The summed E-state index contributed by atoms with van der Waals surface area (Å²) in [6.07, 6.45) is 0. The molecule has 0 bridgehead atoms. The number of hydrogen-bond acceptors (Lipinski definition) is 5. The highest BCUT2D eigenvalue weighted by atomic mass is 16.5. The Morgan fingerprint density at radius 2 is 2.00 bits per heavy atom. The zero-order valence-corrected chi connectivity index (χ0v) is 11.1. The Labute approximate surface area is 115 Å². The summed E-state index contributed by atoms with van der Waals surface area (Å²) in [5, 5.41) is 8.91. The van der Waals surface area contributed by atoms with Gasteiger partial charge in [0.2, 0.25) is 5.88 Å². The molecule has 1 heterocycles. The third kappa shape index (κ3) is 2.42. The molecule has 0 radical (unpaired) electrons. The van der Waals surface area contributed by atoms with Crippen LogP contribution in [0.25, 0.3) is 0 Å². The van der Waals surface area contributed by atoms with E-state index in [1.54, 1.807) is 35.9 Å². The Morgan fingerprint density at radius 3 is 2.50 bits per heavy atom. The number of hydrogen-bond donors (Lipinski definition) is 1. The van der Waals surface area contributed by atoms with E-state index in [1.165, 1.54) is 13.2 Å². The van der Waals surface area contributed by atoms with Gasteiger partial charge >= 0.3 is 5.97 Å². The summed E-state index contributed by atoms with van der Waals surface area (Å²) in [6.45, 7) is 0. The highest BCUT2D eigenvalue weighted by Crippen LogP contribution is 2.30. The van der Waals surface area contributed by atoms with Crippen molar-refractivity contribution in [3.63, 3.8) is 0 Å². The van der Waals surface area contributed by atoms with E-state index in [4.69, 9.17) is 15.7 Å². The normalized spacial score (nSPS) is 9.85. The van der Waals surface area contributed by atoms with Crippen molar-refractivity contribution in [2.24, 2.45) is 7.05 Å². The fourth-order valence-corrected chi connectivity index (χ4v) is 1.73. The van der Waals surface area contributed by atoms with Gasteiger partial charge in [-0.3, -0.25) is 0 Å². The zero-order chi connectivity index (χ0) is 14.7. The van der Waals surface area contributed by atoms with E-state index < -0.39 is 5.97 Å². The fraction of sp³-hybridized carbons (Fsp3) is 0.143. The molecule has 0 aliphatic heterocycles. The van der Waals surface area contributed by atoms with Crippen molar-refractivity contribution >= 4 is 11.7 Å². The Kier molecular flexibility index (Phi) is 3.62. The summed E-state index contributed by atoms with van der Waals surface area (Å²) in [5.74, 6) is 0.476. The second kappa shape index (κ2) is 5.36. The number of methoxy groups -OCH3 is 1. The largest absolute Gasteiger partial charge is 0.465 e. The van der Waals surface area contributed by atoms with Crippen LogP contribution in [0.3, 0.4) is 0 Å². The third-order valence-electron chi connectivity index (χ3n) is 2.81. The van der Waals surface area contributed by atoms with Gasteiger partial charge < -0.3 is 19.8 Å². The third-order valence-corrected chi connectivity index (χ3v) is 2.81. The first kappa shape index (κ1) is 13.5. The molecule has 0 saturated carbocycles. The van der Waals surface area contributed by atoms with Gasteiger partial charge in [-0.1, -0.05) is 0 Å². The molecule has 6 nitrogen and oxygen atoms in total. The first-order valence-corrected chi connectivity index (χ1v) is 5.78. The molecule has 2 rings (SSSR count). The maximum Gasteiger partial charge on any atom is 0.337 e. The van der Waals surface area contributed by atoms with E-state index in [9.17, 15) is 4.79 Å². The number of benzene rings is 1. The van der Waals surface area contributed by atoms with Crippen LogP contribution in [-0.4, -0.2) is 17.6 Å². The van der Waals surface area contributed by atoms with Crippen LogP contribution >= 0.6 is 0 Å². The number of nitriles is 1. The van der Waals surface area contributed by atoms with Gasteiger partial charge in [-0.25, -0.2) is 4.79 Å². The van der Waals surface area contributed by atoms with Crippen LogP contribution in [0.1, 0.15) is 16.1 Å².